The highest BCUT2D eigenvalue weighted by Gasteiger charge is 2.22. The van der Waals surface area contributed by atoms with Crippen molar-refractivity contribution in [2.45, 2.75) is 30.0 Å². The average Bonchev–Trinajstić information content (AvgIpc) is 2.57. The molecule has 136 valence electrons. The van der Waals surface area contributed by atoms with Gasteiger partial charge in [-0.1, -0.05) is 6.92 Å². The Labute approximate surface area is 152 Å². The van der Waals surface area contributed by atoms with Gasteiger partial charge in [0.25, 0.3) is 5.91 Å². The number of nitrogens with two attached hydrogens (primary N) is 1. The fraction of sp³-hybridized carbons (Fsp3) is 0.533. The van der Waals surface area contributed by atoms with E-state index in [1.165, 1.54) is 26.2 Å². The Morgan fingerprint density at radius 1 is 1.42 bits per heavy atom. The Kier molecular flexibility index (Phi) is 8.12. The lowest BCUT2D eigenvalue weighted by Crippen LogP contribution is -2.30. The van der Waals surface area contributed by atoms with E-state index < -0.39 is 15.7 Å². The minimum absolute atomic E-state index is 0.0441. The number of amides is 1. The van der Waals surface area contributed by atoms with E-state index in [-0.39, 0.29) is 39.6 Å². The smallest absolute Gasteiger partial charge is 0.255 e. The summed E-state index contributed by atoms with van der Waals surface area (Å²) in [6, 6.07) is 2.58. The number of halogens is 2. The molecule has 0 saturated carbocycles. The van der Waals surface area contributed by atoms with E-state index >= 15 is 0 Å². The molecule has 1 atom stereocenters. The number of alkyl halides is 2. The van der Waals surface area contributed by atoms with Crippen LogP contribution in [-0.2, 0) is 9.84 Å². The van der Waals surface area contributed by atoms with E-state index in [0.29, 0.717) is 12.3 Å². The first-order valence-corrected chi connectivity index (χ1v) is 10.1. The quantitative estimate of drug-likeness (QED) is 0.493. The number of nitrogen functional groups attached to an aromatic ring is 1. The van der Waals surface area contributed by atoms with E-state index in [0.717, 1.165) is 6.42 Å². The molecular weight excluding hydrogens is 375 g/mol. The molecule has 3 N–H and O–H groups in total. The molecule has 1 unspecified atom stereocenters. The molecule has 1 amide bonds. The van der Waals surface area contributed by atoms with Crippen molar-refractivity contribution in [3.8, 4) is 5.75 Å². The summed E-state index contributed by atoms with van der Waals surface area (Å²) >= 11 is 11.7. The standard InChI is InChI=1S/C15H22Cl2N2O4S/c1-3-24(21,22)14-7-11(13(23-2)8-12(14)18)15(20)19-9-10(17)5-4-6-16/h7-8,10H,3-6,9,18H2,1-2H3,(H,19,20). The molecule has 1 aromatic rings. The maximum Gasteiger partial charge on any atom is 0.255 e. The summed E-state index contributed by atoms with van der Waals surface area (Å²) in [4.78, 5) is 12.3. The van der Waals surface area contributed by atoms with Crippen LogP contribution in [0.4, 0.5) is 5.69 Å². The minimum atomic E-state index is -3.55. The summed E-state index contributed by atoms with van der Waals surface area (Å²) in [6.07, 6.45) is 1.41. The van der Waals surface area contributed by atoms with Crippen LogP contribution in [0.1, 0.15) is 30.1 Å². The fourth-order valence-electron chi connectivity index (χ4n) is 2.05. The molecule has 0 aliphatic rings. The van der Waals surface area contributed by atoms with Crippen LogP contribution < -0.4 is 15.8 Å². The van der Waals surface area contributed by atoms with E-state index in [1.54, 1.807) is 0 Å². The number of nitrogens with one attached hydrogen (secondary N) is 1. The van der Waals surface area contributed by atoms with Gasteiger partial charge in [0, 0.05) is 18.5 Å². The number of carbonyl (C=O) groups is 1. The summed E-state index contributed by atoms with van der Waals surface area (Å²) in [5.74, 6) is 0.108. The average molecular weight is 397 g/mol. The number of sulfone groups is 1. The van der Waals surface area contributed by atoms with Crippen molar-refractivity contribution >= 4 is 44.6 Å². The Balaban J connectivity index is 3.04. The molecule has 0 aliphatic carbocycles. The van der Waals surface area contributed by atoms with E-state index in [1.807, 2.05) is 0 Å². The Bertz CT molecular complexity index is 680. The summed E-state index contributed by atoms with van der Waals surface area (Å²) in [6.45, 7) is 1.74. The molecule has 0 fully saturated rings. The van der Waals surface area contributed by atoms with Crippen LogP contribution in [0.2, 0.25) is 0 Å². The van der Waals surface area contributed by atoms with Gasteiger partial charge in [-0.3, -0.25) is 4.79 Å². The maximum atomic E-state index is 12.4. The SMILES string of the molecule is CCS(=O)(=O)c1cc(C(=O)NCC(Cl)CCCCl)c(OC)cc1N. The van der Waals surface area contributed by atoms with E-state index in [2.05, 4.69) is 5.32 Å². The van der Waals surface area contributed by atoms with Gasteiger partial charge in [0.15, 0.2) is 9.84 Å². The number of hydrogen-bond acceptors (Lipinski definition) is 5. The lowest BCUT2D eigenvalue weighted by molar-refractivity contribution is 0.0950. The molecule has 0 heterocycles. The van der Waals surface area contributed by atoms with Crippen LogP contribution in [0.15, 0.2) is 17.0 Å². The molecule has 24 heavy (non-hydrogen) atoms. The van der Waals surface area contributed by atoms with Gasteiger partial charge in [-0.2, -0.15) is 0 Å². The second-order valence-electron chi connectivity index (χ2n) is 5.13. The number of methoxy groups -OCH3 is 1. The van der Waals surface area contributed by atoms with Gasteiger partial charge >= 0.3 is 0 Å². The first-order valence-electron chi connectivity index (χ1n) is 7.45. The van der Waals surface area contributed by atoms with Crippen molar-refractivity contribution < 1.29 is 17.9 Å². The van der Waals surface area contributed by atoms with Gasteiger partial charge in [-0.05, 0) is 18.9 Å². The molecule has 1 aromatic carbocycles. The second kappa shape index (κ2) is 9.34. The van der Waals surface area contributed by atoms with E-state index in [4.69, 9.17) is 33.7 Å². The maximum absolute atomic E-state index is 12.4. The molecule has 0 spiro atoms. The van der Waals surface area contributed by atoms with Crippen molar-refractivity contribution in [3.05, 3.63) is 17.7 Å². The number of carbonyl (C=O) groups excluding carboxylic acids is 1. The Morgan fingerprint density at radius 3 is 2.62 bits per heavy atom. The molecule has 0 bridgehead atoms. The van der Waals surface area contributed by atoms with Gasteiger partial charge < -0.3 is 15.8 Å². The second-order valence-corrected chi connectivity index (χ2v) is 8.37. The van der Waals surface area contributed by atoms with Crippen LogP contribution in [0.5, 0.6) is 5.75 Å². The van der Waals surface area contributed by atoms with E-state index in [9.17, 15) is 13.2 Å². The van der Waals surface area contributed by atoms with Crippen molar-refractivity contribution in [3.63, 3.8) is 0 Å². The first-order chi connectivity index (χ1) is 11.3. The number of anilines is 1. The lowest BCUT2D eigenvalue weighted by Gasteiger charge is -2.15. The van der Waals surface area contributed by atoms with Crippen LogP contribution in [0.25, 0.3) is 0 Å². The summed E-state index contributed by atoms with van der Waals surface area (Å²) in [5, 5.41) is 2.41. The number of rotatable bonds is 9. The minimum Gasteiger partial charge on any atom is -0.496 e. The third kappa shape index (κ3) is 5.43. The third-order valence-corrected chi connectivity index (χ3v) is 5.85. The zero-order valence-electron chi connectivity index (χ0n) is 13.6. The van der Waals surface area contributed by atoms with Gasteiger partial charge in [0.1, 0.15) is 5.75 Å². The molecule has 1 rings (SSSR count). The first kappa shape index (κ1) is 20.9. The monoisotopic (exact) mass is 396 g/mol. The Hall–Kier alpha value is -1.18. The van der Waals surface area contributed by atoms with Crippen molar-refractivity contribution in [2.24, 2.45) is 0 Å². The molecule has 6 nitrogen and oxygen atoms in total. The van der Waals surface area contributed by atoms with Gasteiger partial charge in [-0.25, -0.2) is 8.42 Å². The van der Waals surface area contributed by atoms with Gasteiger partial charge in [-0.15, -0.1) is 23.2 Å². The number of benzene rings is 1. The van der Waals surface area contributed by atoms with Gasteiger partial charge in [0.05, 0.1) is 34.4 Å². The zero-order chi connectivity index (χ0) is 18.3. The van der Waals surface area contributed by atoms with Crippen molar-refractivity contribution in [1.82, 2.24) is 5.32 Å². The Morgan fingerprint density at radius 2 is 2.08 bits per heavy atom. The number of ether oxygens (including phenoxy) is 1. The molecule has 0 saturated heterocycles. The summed E-state index contributed by atoms with van der Waals surface area (Å²) in [5.41, 5.74) is 5.92. The van der Waals surface area contributed by atoms with Crippen LogP contribution in [0.3, 0.4) is 0 Å². The van der Waals surface area contributed by atoms with Crippen LogP contribution in [0, 0.1) is 0 Å². The number of hydrogen-bond donors (Lipinski definition) is 2. The highest BCUT2D eigenvalue weighted by atomic mass is 35.5. The van der Waals surface area contributed by atoms with Crippen molar-refractivity contribution in [2.75, 3.05) is 31.0 Å². The predicted molar refractivity (Wildman–Crippen MR) is 97.1 cm³/mol. The largest absolute Gasteiger partial charge is 0.496 e. The van der Waals surface area contributed by atoms with Crippen LogP contribution in [-0.4, -0.2) is 45.0 Å². The van der Waals surface area contributed by atoms with Crippen molar-refractivity contribution in [1.29, 1.82) is 0 Å². The molecule has 0 aromatic heterocycles. The highest BCUT2D eigenvalue weighted by Crippen LogP contribution is 2.29. The lowest BCUT2D eigenvalue weighted by atomic mass is 10.1. The molecule has 9 heteroatoms. The summed E-state index contributed by atoms with van der Waals surface area (Å²) in [7, 11) is -2.18. The molecular formula is C15H22Cl2N2O4S. The zero-order valence-corrected chi connectivity index (χ0v) is 16.0. The molecule has 0 aliphatic heterocycles. The topological polar surface area (TPSA) is 98.5 Å². The third-order valence-electron chi connectivity index (χ3n) is 3.43. The normalized spacial score (nSPS) is 12.7. The van der Waals surface area contributed by atoms with Gasteiger partial charge in [0.2, 0.25) is 0 Å². The van der Waals surface area contributed by atoms with Crippen LogP contribution >= 0.6 is 23.2 Å². The summed E-state index contributed by atoms with van der Waals surface area (Å²) < 4.78 is 29.3. The fourth-order valence-corrected chi connectivity index (χ4v) is 3.46. The molecule has 0 radical (unpaired) electrons. The highest BCUT2D eigenvalue weighted by molar-refractivity contribution is 7.91. The predicted octanol–water partition coefficient (Wildman–Crippen LogP) is 2.43.